The molecule has 1 aliphatic heterocycles. The van der Waals surface area contributed by atoms with Gasteiger partial charge in [-0.15, -0.1) is 0 Å². The van der Waals surface area contributed by atoms with Crippen molar-refractivity contribution in [2.45, 2.75) is 19.4 Å². The summed E-state index contributed by atoms with van der Waals surface area (Å²) >= 11 is 0. The van der Waals surface area contributed by atoms with Crippen molar-refractivity contribution < 1.29 is 9.84 Å². The first-order chi connectivity index (χ1) is 11.8. The third-order valence-corrected chi connectivity index (χ3v) is 4.23. The topological polar surface area (TPSA) is 83.4 Å². The van der Waals surface area contributed by atoms with Crippen molar-refractivity contribution in [2.75, 3.05) is 37.0 Å². The van der Waals surface area contributed by atoms with Gasteiger partial charge in [0.15, 0.2) is 0 Å². The fourth-order valence-corrected chi connectivity index (χ4v) is 2.85. The van der Waals surface area contributed by atoms with Gasteiger partial charge in [0.1, 0.15) is 12.1 Å². The highest BCUT2D eigenvalue weighted by Gasteiger charge is 2.21. The average Bonchev–Trinajstić information content (AvgIpc) is 2.67. The number of hydrogen-bond donors (Lipinski definition) is 2. The lowest BCUT2D eigenvalue weighted by atomic mass is 9.99. The number of benzene rings is 1. The minimum atomic E-state index is 0.212. The van der Waals surface area contributed by atoms with Gasteiger partial charge in [-0.25, -0.2) is 9.97 Å². The van der Waals surface area contributed by atoms with E-state index < -0.39 is 0 Å². The number of aliphatic hydroxyl groups excluding tert-OH is 1. The third kappa shape index (κ3) is 4.11. The van der Waals surface area contributed by atoms with E-state index in [1.165, 1.54) is 6.33 Å². The Hall–Kier alpha value is -2.41. The number of anilines is 2. The Morgan fingerprint density at radius 3 is 2.88 bits per heavy atom. The van der Waals surface area contributed by atoms with E-state index in [-0.39, 0.29) is 6.61 Å². The lowest BCUT2D eigenvalue weighted by molar-refractivity contribution is 0.208. The molecule has 7 nitrogen and oxygen atoms in total. The predicted molar refractivity (Wildman–Crippen MR) is 92.2 cm³/mol. The molecule has 0 spiro atoms. The van der Waals surface area contributed by atoms with E-state index >= 15 is 0 Å². The molecule has 0 saturated carbocycles. The first kappa shape index (κ1) is 16.4. The van der Waals surface area contributed by atoms with Crippen molar-refractivity contribution in [3.8, 4) is 5.75 Å². The SMILES string of the molecule is COc1ccc(CNc2ncnc(N3CCC[C@H](CO)C3)n2)cc1. The second-order valence-corrected chi connectivity index (χ2v) is 5.95. The van der Waals surface area contributed by atoms with Crippen LogP contribution in [0.15, 0.2) is 30.6 Å². The fourth-order valence-electron chi connectivity index (χ4n) is 2.85. The molecule has 128 valence electrons. The summed E-state index contributed by atoms with van der Waals surface area (Å²) in [5.41, 5.74) is 1.12. The summed E-state index contributed by atoms with van der Waals surface area (Å²) in [6.45, 7) is 2.55. The number of nitrogens with zero attached hydrogens (tertiary/aromatic N) is 4. The molecule has 0 radical (unpaired) electrons. The van der Waals surface area contributed by atoms with Gasteiger partial charge in [-0.05, 0) is 36.5 Å². The Balaban J connectivity index is 1.62. The summed E-state index contributed by atoms with van der Waals surface area (Å²) in [4.78, 5) is 15.1. The average molecular weight is 329 g/mol. The maximum Gasteiger partial charge on any atom is 0.230 e. The molecule has 2 heterocycles. The van der Waals surface area contributed by atoms with Gasteiger partial charge in [0.25, 0.3) is 0 Å². The predicted octanol–water partition coefficient (Wildman–Crippen LogP) is 1.70. The number of rotatable bonds is 6. The van der Waals surface area contributed by atoms with Crippen LogP contribution in [-0.2, 0) is 6.54 Å². The van der Waals surface area contributed by atoms with Crippen LogP contribution >= 0.6 is 0 Å². The highest BCUT2D eigenvalue weighted by Crippen LogP contribution is 2.20. The normalized spacial score (nSPS) is 17.6. The summed E-state index contributed by atoms with van der Waals surface area (Å²) in [6.07, 6.45) is 3.63. The molecular weight excluding hydrogens is 306 g/mol. The highest BCUT2D eigenvalue weighted by atomic mass is 16.5. The lowest BCUT2D eigenvalue weighted by Gasteiger charge is -2.31. The van der Waals surface area contributed by atoms with E-state index in [1.807, 2.05) is 24.3 Å². The van der Waals surface area contributed by atoms with E-state index in [0.29, 0.717) is 24.4 Å². The molecule has 0 unspecified atom stereocenters. The molecule has 0 amide bonds. The number of nitrogens with one attached hydrogen (secondary N) is 1. The van der Waals surface area contributed by atoms with Crippen LogP contribution in [-0.4, -0.2) is 46.9 Å². The zero-order valence-corrected chi connectivity index (χ0v) is 13.9. The van der Waals surface area contributed by atoms with Gasteiger partial charge in [0.2, 0.25) is 11.9 Å². The number of piperidine rings is 1. The molecule has 2 aromatic rings. The maximum atomic E-state index is 9.36. The molecule has 1 fully saturated rings. The monoisotopic (exact) mass is 329 g/mol. The fraction of sp³-hybridized carbons (Fsp3) is 0.471. The third-order valence-electron chi connectivity index (χ3n) is 4.23. The zero-order valence-electron chi connectivity index (χ0n) is 13.9. The zero-order chi connectivity index (χ0) is 16.8. The summed E-state index contributed by atoms with van der Waals surface area (Å²) in [5.74, 6) is 2.36. The van der Waals surface area contributed by atoms with Crippen LogP contribution in [0.5, 0.6) is 5.75 Å². The Morgan fingerprint density at radius 1 is 1.29 bits per heavy atom. The largest absolute Gasteiger partial charge is 0.497 e. The molecule has 0 aliphatic carbocycles. The van der Waals surface area contributed by atoms with E-state index in [2.05, 4.69) is 25.2 Å². The Bertz CT molecular complexity index is 650. The van der Waals surface area contributed by atoms with Crippen molar-refractivity contribution in [2.24, 2.45) is 5.92 Å². The van der Waals surface area contributed by atoms with Gasteiger partial charge < -0.3 is 20.1 Å². The number of aliphatic hydroxyl groups is 1. The number of methoxy groups -OCH3 is 1. The Kier molecular flexibility index (Phi) is 5.43. The first-order valence-corrected chi connectivity index (χ1v) is 8.20. The van der Waals surface area contributed by atoms with E-state index in [9.17, 15) is 5.11 Å². The molecule has 0 bridgehead atoms. The Morgan fingerprint density at radius 2 is 2.12 bits per heavy atom. The smallest absolute Gasteiger partial charge is 0.230 e. The molecule has 3 rings (SSSR count). The van der Waals surface area contributed by atoms with Crippen molar-refractivity contribution in [3.05, 3.63) is 36.2 Å². The molecule has 2 N–H and O–H groups in total. The second-order valence-electron chi connectivity index (χ2n) is 5.95. The van der Waals surface area contributed by atoms with Gasteiger partial charge in [0.05, 0.1) is 7.11 Å². The van der Waals surface area contributed by atoms with Crippen LogP contribution in [0, 0.1) is 5.92 Å². The molecule has 7 heteroatoms. The summed E-state index contributed by atoms with van der Waals surface area (Å²) in [6, 6.07) is 7.87. The molecular formula is C17H23N5O2. The van der Waals surface area contributed by atoms with Gasteiger partial charge in [-0.1, -0.05) is 12.1 Å². The minimum absolute atomic E-state index is 0.212. The van der Waals surface area contributed by atoms with Gasteiger partial charge in [0, 0.05) is 26.2 Å². The standard InChI is InChI=1S/C17H23N5O2/c1-24-15-6-4-13(5-7-15)9-18-16-19-12-20-17(21-16)22-8-2-3-14(10-22)11-23/h4-7,12,14,23H,2-3,8-11H2,1H3,(H,18,19,20,21)/t14-/m0/s1. The highest BCUT2D eigenvalue weighted by molar-refractivity contribution is 5.37. The van der Waals surface area contributed by atoms with Crippen LogP contribution in [0.1, 0.15) is 18.4 Å². The summed E-state index contributed by atoms with van der Waals surface area (Å²) in [5, 5.41) is 12.6. The van der Waals surface area contributed by atoms with Crippen LogP contribution in [0.3, 0.4) is 0 Å². The molecule has 1 aromatic heterocycles. The molecule has 1 saturated heterocycles. The van der Waals surface area contributed by atoms with E-state index in [4.69, 9.17) is 4.74 Å². The summed E-state index contributed by atoms with van der Waals surface area (Å²) in [7, 11) is 1.65. The quantitative estimate of drug-likeness (QED) is 0.834. The first-order valence-electron chi connectivity index (χ1n) is 8.20. The Labute approximate surface area is 141 Å². The van der Waals surface area contributed by atoms with E-state index in [0.717, 1.165) is 37.2 Å². The molecule has 1 atom stereocenters. The van der Waals surface area contributed by atoms with Gasteiger partial charge in [-0.3, -0.25) is 0 Å². The van der Waals surface area contributed by atoms with Crippen molar-refractivity contribution in [3.63, 3.8) is 0 Å². The maximum absolute atomic E-state index is 9.36. The summed E-state index contributed by atoms with van der Waals surface area (Å²) < 4.78 is 5.16. The van der Waals surface area contributed by atoms with Crippen molar-refractivity contribution in [1.82, 2.24) is 15.0 Å². The van der Waals surface area contributed by atoms with Crippen LogP contribution in [0.4, 0.5) is 11.9 Å². The van der Waals surface area contributed by atoms with Crippen molar-refractivity contribution in [1.29, 1.82) is 0 Å². The minimum Gasteiger partial charge on any atom is -0.497 e. The van der Waals surface area contributed by atoms with Crippen LogP contribution < -0.4 is 15.0 Å². The molecule has 1 aromatic carbocycles. The van der Waals surface area contributed by atoms with Crippen LogP contribution in [0.2, 0.25) is 0 Å². The number of ether oxygens (including phenoxy) is 1. The van der Waals surface area contributed by atoms with Gasteiger partial charge >= 0.3 is 0 Å². The van der Waals surface area contributed by atoms with Crippen molar-refractivity contribution >= 4 is 11.9 Å². The second kappa shape index (κ2) is 7.92. The van der Waals surface area contributed by atoms with E-state index in [1.54, 1.807) is 7.11 Å². The van der Waals surface area contributed by atoms with Crippen LogP contribution in [0.25, 0.3) is 0 Å². The number of aromatic nitrogens is 3. The lowest BCUT2D eigenvalue weighted by Crippen LogP contribution is -2.38. The molecule has 24 heavy (non-hydrogen) atoms. The number of hydrogen-bond acceptors (Lipinski definition) is 7. The molecule has 1 aliphatic rings. The van der Waals surface area contributed by atoms with Gasteiger partial charge in [-0.2, -0.15) is 4.98 Å².